The van der Waals surface area contributed by atoms with E-state index in [1.807, 2.05) is 59.5 Å². The van der Waals surface area contributed by atoms with Crippen molar-refractivity contribution in [3.8, 4) is 5.75 Å². The Bertz CT molecular complexity index is 686. The monoisotopic (exact) mass is 312 g/mol. The molecule has 0 aliphatic carbocycles. The zero-order valence-corrected chi connectivity index (χ0v) is 13.0. The number of carbonyl (C=O) groups is 1. The third-order valence-electron chi connectivity index (χ3n) is 3.58. The fourth-order valence-corrected chi connectivity index (χ4v) is 2.80. The van der Waals surface area contributed by atoms with Gasteiger partial charge in [-0.1, -0.05) is 30.3 Å². The molecule has 0 unspecified atom stereocenters. The number of benzene rings is 2. The van der Waals surface area contributed by atoms with Crippen LogP contribution in [0.2, 0.25) is 0 Å². The van der Waals surface area contributed by atoms with Gasteiger partial charge in [0.15, 0.2) is 5.11 Å². The van der Waals surface area contributed by atoms with Crippen LogP contribution in [-0.2, 0) is 11.3 Å². The zero-order chi connectivity index (χ0) is 15.5. The van der Waals surface area contributed by atoms with E-state index in [1.54, 1.807) is 12.0 Å². The maximum atomic E-state index is 12.3. The van der Waals surface area contributed by atoms with Gasteiger partial charge in [-0.25, -0.2) is 0 Å². The Morgan fingerprint density at radius 1 is 1.09 bits per heavy atom. The van der Waals surface area contributed by atoms with Crippen LogP contribution >= 0.6 is 12.2 Å². The average molecular weight is 312 g/mol. The summed E-state index contributed by atoms with van der Waals surface area (Å²) in [5, 5.41) is 0.541. The summed E-state index contributed by atoms with van der Waals surface area (Å²) in [6.45, 7) is 0.942. The number of thiocarbonyl (C=S) groups is 1. The molecule has 1 amide bonds. The second-order valence-corrected chi connectivity index (χ2v) is 5.42. The highest BCUT2D eigenvalue weighted by Gasteiger charge is 2.33. The predicted octanol–water partition coefficient (Wildman–Crippen LogP) is 2.83. The first-order valence-corrected chi connectivity index (χ1v) is 7.39. The quantitative estimate of drug-likeness (QED) is 0.813. The number of hydrogen-bond acceptors (Lipinski definition) is 3. The SMILES string of the molecule is COc1ccc(N2C(=O)CN(Cc3ccccc3)C2=S)cc1. The molecule has 1 aliphatic heterocycles. The summed E-state index contributed by atoms with van der Waals surface area (Å²) < 4.78 is 5.14. The molecule has 0 atom stereocenters. The van der Waals surface area contributed by atoms with E-state index in [9.17, 15) is 4.79 Å². The molecule has 1 fully saturated rings. The van der Waals surface area contributed by atoms with Gasteiger partial charge < -0.3 is 9.64 Å². The second kappa shape index (κ2) is 6.15. The molecule has 5 heteroatoms. The van der Waals surface area contributed by atoms with E-state index in [2.05, 4.69) is 0 Å². The normalized spacial score (nSPS) is 14.6. The summed E-state index contributed by atoms with van der Waals surface area (Å²) in [6, 6.07) is 17.3. The van der Waals surface area contributed by atoms with Crippen LogP contribution in [0.15, 0.2) is 54.6 Å². The number of anilines is 1. The number of methoxy groups -OCH3 is 1. The number of nitrogens with zero attached hydrogens (tertiary/aromatic N) is 2. The average Bonchev–Trinajstić information content (AvgIpc) is 2.82. The number of ether oxygens (including phenoxy) is 1. The number of carbonyl (C=O) groups excluding carboxylic acids is 1. The second-order valence-electron chi connectivity index (χ2n) is 5.05. The van der Waals surface area contributed by atoms with E-state index in [1.165, 1.54) is 0 Å². The lowest BCUT2D eigenvalue weighted by molar-refractivity contribution is -0.116. The third-order valence-corrected chi connectivity index (χ3v) is 4.02. The van der Waals surface area contributed by atoms with E-state index < -0.39 is 0 Å². The van der Waals surface area contributed by atoms with Crippen molar-refractivity contribution in [1.82, 2.24) is 4.90 Å². The predicted molar refractivity (Wildman–Crippen MR) is 89.9 cm³/mol. The molecule has 0 N–H and O–H groups in total. The highest BCUT2D eigenvalue weighted by atomic mass is 32.1. The van der Waals surface area contributed by atoms with Crippen LogP contribution in [0.3, 0.4) is 0 Å². The Morgan fingerprint density at radius 2 is 1.77 bits per heavy atom. The van der Waals surface area contributed by atoms with Crippen LogP contribution < -0.4 is 9.64 Å². The van der Waals surface area contributed by atoms with Gasteiger partial charge in [-0.2, -0.15) is 0 Å². The van der Waals surface area contributed by atoms with E-state index in [-0.39, 0.29) is 5.91 Å². The molecule has 22 heavy (non-hydrogen) atoms. The lowest BCUT2D eigenvalue weighted by Gasteiger charge is -2.20. The molecule has 0 spiro atoms. The van der Waals surface area contributed by atoms with Crippen LogP contribution in [0.25, 0.3) is 0 Å². The molecule has 1 aliphatic rings. The number of rotatable bonds is 4. The van der Waals surface area contributed by atoms with Crippen molar-refractivity contribution in [2.75, 3.05) is 18.6 Å². The van der Waals surface area contributed by atoms with Crippen molar-refractivity contribution < 1.29 is 9.53 Å². The van der Waals surface area contributed by atoms with Gasteiger partial charge in [0.05, 0.1) is 12.8 Å². The topological polar surface area (TPSA) is 32.8 Å². The fourth-order valence-electron chi connectivity index (χ4n) is 2.46. The van der Waals surface area contributed by atoms with Gasteiger partial charge in [0, 0.05) is 6.54 Å². The summed E-state index contributed by atoms with van der Waals surface area (Å²) in [4.78, 5) is 15.8. The minimum atomic E-state index is -0.00824. The van der Waals surface area contributed by atoms with Gasteiger partial charge in [0.2, 0.25) is 0 Å². The first-order valence-electron chi connectivity index (χ1n) is 6.99. The molecule has 2 aromatic rings. The molecule has 4 nitrogen and oxygen atoms in total. The molecule has 2 aromatic carbocycles. The van der Waals surface area contributed by atoms with Crippen LogP contribution in [-0.4, -0.2) is 29.6 Å². The van der Waals surface area contributed by atoms with E-state index in [0.29, 0.717) is 18.2 Å². The third kappa shape index (κ3) is 2.80. The van der Waals surface area contributed by atoms with Gasteiger partial charge in [-0.05, 0) is 42.0 Å². The molecule has 0 aromatic heterocycles. The smallest absolute Gasteiger partial charge is 0.252 e. The maximum Gasteiger partial charge on any atom is 0.252 e. The Morgan fingerprint density at radius 3 is 2.41 bits per heavy atom. The van der Waals surface area contributed by atoms with Gasteiger partial charge in [-0.3, -0.25) is 9.69 Å². The molecule has 0 radical (unpaired) electrons. The molecule has 112 valence electrons. The fraction of sp³-hybridized carbons (Fsp3) is 0.176. The molecular formula is C17H16N2O2S. The molecule has 0 bridgehead atoms. The standard InChI is InChI=1S/C17H16N2O2S/c1-21-15-9-7-14(8-10-15)19-16(20)12-18(17(19)22)11-13-5-3-2-4-6-13/h2-10H,11-12H2,1H3. The molecule has 3 rings (SSSR count). The Labute approximate surface area is 134 Å². The lowest BCUT2D eigenvalue weighted by Crippen LogP contribution is -2.32. The van der Waals surface area contributed by atoms with Crippen LogP contribution in [0.1, 0.15) is 5.56 Å². The van der Waals surface area contributed by atoms with Gasteiger partial charge in [-0.15, -0.1) is 0 Å². The Balaban J connectivity index is 1.79. The summed E-state index contributed by atoms with van der Waals surface area (Å²) in [6.07, 6.45) is 0. The van der Waals surface area contributed by atoms with E-state index in [4.69, 9.17) is 17.0 Å². The molecule has 1 heterocycles. The van der Waals surface area contributed by atoms with Crippen molar-refractivity contribution in [2.24, 2.45) is 0 Å². The first kappa shape index (κ1) is 14.5. The van der Waals surface area contributed by atoms with Crippen molar-refractivity contribution in [2.45, 2.75) is 6.54 Å². The minimum Gasteiger partial charge on any atom is -0.497 e. The highest BCUT2D eigenvalue weighted by molar-refractivity contribution is 7.80. The van der Waals surface area contributed by atoms with Gasteiger partial charge in [0.25, 0.3) is 5.91 Å². The van der Waals surface area contributed by atoms with Crippen molar-refractivity contribution in [3.05, 3.63) is 60.2 Å². The minimum absolute atomic E-state index is 0.00824. The molecule has 1 saturated heterocycles. The van der Waals surface area contributed by atoms with E-state index in [0.717, 1.165) is 17.0 Å². The Hall–Kier alpha value is -2.40. The van der Waals surface area contributed by atoms with Gasteiger partial charge in [0.1, 0.15) is 12.3 Å². The van der Waals surface area contributed by atoms with Crippen molar-refractivity contribution in [1.29, 1.82) is 0 Å². The molecular weight excluding hydrogens is 296 g/mol. The van der Waals surface area contributed by atoms with Crippen molar-refractivity contribution in [3.63, 3.8) is 0 Å². The summed E-state index contributed by atoms with van der Waals surface area (Å²) >= 11 is 5.48. The maximum absolute atomic E-state index is 12.3. The van der Waals surface area contributed by atoms with Crippen LogP contribution in [0.4, 0.5) is 5.69 Å². The van der Waals surface area contributed by atoms with Crippen LogP contribution in [0.5, 0.6) is 5.75 Å². The largest absolute Gasteiger partial charge is 0.497 e. The Kier molecular flexibility index (Phi) is 4.06. The number of amides is 1. The zero-order valence-electron chi connectivity index (χ0n) is 12.2. The highest BCUT2D eigenvalue weighted by Crippen LogP contribution is 2.25. The van der Waals surface area contributed by atoms with E-state index >= 15 is 0 Å². The summed E-state index contributed by atoms with van der Waals surface area (Å²) in [5.74, 6) is 0.744. The number of hydrogen-bond donors (Lipinski definition) is 0. The van der Waals surface area contributed by atoms with Crippen LogP contribution in [0, 0.1) is 0 Å². The lowest BCUT2D eigenvalue weighted by atomic mass is 10.2. The van der Waals surface area contributed by atoms with Gasteiger partial charge >= 0.3 is 0 Å². The van der Waals surface area contributed by atoms with Crippen molar-refractivity contribution >= 4 is 28.9 Å². The summed E-state index contributed by atoms with van der Waals surface area (Å²) in [7, 11) is 1.61. The first-order chi connectivity index (χ1) is 10.7. The summed E-state index contributed by atoms with van der Waals surface area (Å²) in [5.41, 5.74) is 1.90. The molecule has 0 saturated carbocycles.